The summed E-state index contributed by atoms with van der Waals surface area (Å²) in [5.74, 6) is -0.259. The number of hydrogen-bond acceptors (Lipinski definition) is 5. The molecule has 3 rings (SSSR count). The van der Waals surface area contributed by atoms with E-state index in [0.717, 1.165) is 5.39 Å². The second kappa shape index (κ2) is 5.57. The van der Waals surface area contributed by atoms with Crippen molar-refractivity contribution < 1.29 is 14.1 Å². The highest BCUT2D eigenvalue weighted by Crippen LogP contribution is 2.19. The van der Waals surface area contributed by atoms with Crippen molar-refractivity contribution in [3.05, 3.63) is 70.5 Å². The molecule has 0 atom stereocenters. The predicted molar refractivity (Wildman–Crippen MR) is 80.4 cm³/mol. The molecule has 0 fully saturated rings. The van der Waals surface area contributed by atoms with E-state index in [2.05, 4.69) is 10.9 Å². The Morgan fingerprint density at radius 2 is 1.82 bits per heavy atom. The van der Waals surface area contributed by atoms with E-state index in [1.54, 1.807) is 12.1 Å². The second-order valence-electron chi connectivity index (χ2n) is 4.53. The van der Waals surface area contributed by atoms with Crippen LogP contribution in [-0.4, -0.2) is 10.8 Å². The van der Waals surface area contributed by atoms with Gasteiger partial charge in [0.25, 0.3) is 5.69 Å². The summed E-state index contributed by atoms with van der Waals surface area (Å²) in [6, 6.07) is 14.6. The van der Waals surface area contributed by atoms with Gasteiger partial charge in [0.05, 0.1) is 10.6 Å². The zero-order valence-electron chi connectivity index (χ0n) is 11.3. The first-order valence-corrected chi connectivity index (χ1v) is 6.43. The number of carbonyl (C=O) groups is 1. The summed E-state index contributed by atoms with van der Waals surface area (Å²) in [5, 5.41) is 11.4. The number of non-ortho nitro benzene ring substituents is 1. The van der Waals surface area contributed by atoms with Crippen molar-refractivity contribution >= 4 is 28.3 Å². The number of hydrogen-bond donors (Lipinski definition) is 2. The molecule has 22 heavy (non-hydrogen) atoms. The molecule has 0 aliphatic carbocycles. The average molecular weight is 297 g/mol. The fourth-order valence-corrected chi connectivity index (χ4v) is 1.95. The van der Waals surface area contributed by atoms with Crippen molar-refractivity contribution in [1.29, 1.82) is 0 Å². The molecular weight excluding hydrogens is 286 g/mol. The van der Waals surface area contributed by atoms with Crippen LogP contribution >= 0.6 is 0 Å². The number of nitro groups is 1. The molecule has 3 aromatic rings. The summed E-state index contributed by atoms with van der Waals surface area (Å²) in [6.45, 7) is 0. The third-order valence-electron chi connectivity index (χ3n) is 3.05. The number of furan rings is 1. The Morgan fingerprint density at radius 3 is 2.50 bits per heavy atom. The maximum atomic E-state index is 12.0. The summed E-state index contributed by atoms with van der Waals surface area (Å²) in [7, 11) is 0. The summed E-state index contributed by atoms with van der Waals surface area (Å²) in [6.07, 6.45) is 0. The zero-order valence-corrected chi connectivity index (χ0v) is 11.3. The predicted octanol–water partition coefficient (Wildman–Crippen LogP) is 3.10. The highest BCUT2D eigenvalue weighted by atomic mass is 16.6. The largest absolute Gasteiger partial charge is 0.451 e. The van der Waals surface area contributed by atoms with Gasteiger partial charge in [-0.2, -0.15) is 0 Å². The van der Waals surface area contributed by atoms with Crippen LogP contribution in [0, 0.1) is 10.1 Å². The molecule has 0 spiro atoms. The molecule has 2 N–H and O–H groups in total. The number of hydrazine groups is 1. The Balaban J connectivity index is 1.67. The van der Waals surface area contributed by atoms with Crippen LogP contribution in [0.4, 0.5) is 11.4 Å². The van der Waals surface area contributed by atoms with E-state index in [1.807, 2.05) is 18.2 Å². The van der Waals surface area contributed by atoms with Gasteiger partial charge in [-0.25, -0.2) is 0 Å². The first-order chi connectivity index (χ1) is 10.6. The summed E-state index contributed by atoms with van der Waals surface area (Å²) in [5.41, 5.74) is 6.28. The van der Waals surface area contributed by atoms with Gasteiger partial charge >= 0.3 is 5.91 Å². The molecule has 0 radical (unpaired) electrons. The monoisotopic (exact) mass is 297 g/mol. The topological polar surface area (TPSA) is 97.4 Å². The molecule has 0 aliphatic rings. The van der Waals surface area contributed by atoms with Crippen LogP contribution in [0.3, 0.4) is 0 Å². The summed E-state index contributed by atoms with van der Waals surface area (Å²) < 4.78 is 5.43. The molecule has 1 aromatic heterocycles. The number of amides is 1. The van der Waals surface area contributed by atoms with Crippen molar-refractivity contribution in [2.75, 3.05) is 5.43 Å². The minimum Gasteiger partial charge on any atom is -0.451 e. The number of nitrogens with one attached hydrogen (secondary N) is 2. The van der Waals surface area contributed by atoms with E-state index < -0.39 is 10.8 Å². The van der Waals surface area contributed by atoms with Gasteiger partial charge in [0, 0.05) is 17.5 Å². The van der Waals surface area contributed by atoms with E-state index in [-0.39, 0.29) is 11.4 Å². The lowest BCUT2D eigenvalue weighted by Gasteiger charge is -2.06. The summed E-state index contributed by atoms with van der Waals surface area (Å²) >= 11 is 0. The van der Waals surface area contributed by atoms with Crippen LogP contribution in [0.25, 0.3) is 11.0 Å². The standard InChI is InChI=1S/C15H11N3O4/c19-15(14-9-10-3-1-2-4-13(10)22-14)17-16-11-5-7-12(8-6-11)18(20)21/h1-9,16H,(H,17,19). The quantitative estimate of drug-likeness (QED) is 0.569. The number of nitrogens with zero attached hydrogens (tertiary/aromatic N) is 1. The Labute approximate surface area is 124 Å². The third-order valence-corrected chi connectivity index (χ3v) is 3.05. The number of benzene rings is 2. The first kappa shape index (κ1) is 13.6. The van der Waals surface area contributed by atoms with Crippen molar-refractivity contribution in [3.8, 4) is 0 Å². The number of anilines is 1. The van der Waals surface area contributed by atoms with Crippen LogP contribution in [0.5, 0.6) is 0 Å². The molecule has 1 amide bonds. The van der Waals surface area contributed by atoms with Gasteiger partial charge in [0.15, 0.2) is 5.76 Å². The first-order valence-electron chi connectivity index (χ1n) is 6.43. The van der Waals surface area contributed by atoms with Gasteiger partial charge in [-0.05, 0) is 24.3 Å². The lowest BCUT2D eigenvalue weighted by atomic mass is 10.2. The number of rotatable bonds is 4. The maximum absolute atomic E-state index is 12.0. The Kier molecular flexibility index (Phi) is 3.45. The normalized spacial score (nSPS) is 10.4. The smallest absolute Gasteiger partial charge is 0.305 e. The van der Waals surface area contributed by atoms with E-state index in [9.17, 15) is 14.9 Å². The highest BCUT2D eigenvalue weighted by Gasteiger charge is 2.11. The molecule has 7 nitrogen and oxygen atoms in total. The van der Waals surface area contributed by atoms with Gasteiger partial charge in [-0.3, -0.25) is 25.8 Å². The lowest BCUT2D eigenvalue weighted by molar-refractivity contribution is -0.384. The van der Waals surface area contributed by atoms with Crippen LogP contribution in [-0.2, 0) is 0 Å². The molecule has 0 bridgehead atoms. The molecule has 2 aromatic carbocycles. The van der Waals surface area contributed by atoms with Crippen LogP contribution in [0.1, 0.15) is 10.6 Å². The lowest BCUT2D eigenvalue weighted by Crippen LogP contribution is -2.28. The molecule has 0 unspecified atom stereocenters. The van der Waals surface area contributed by atoms with E-state index >= 15 is 0 Å². The van der Waals surface area contributed by atoms with Gasteiger partial charge < -0.3 is 4.42 Å². The third kappa shape index (κ3) is 2.73. The minimum atomic E-state index is -0.489. The highest BCUT2D eigenvalue weighted by molar-refractivity contribution is 5.96. The fraction of sp³-hybridized carbons (Fsp3) is 0. The molecular formula is C15H11N3O4. The average Bonchev–Trinajstić information content (AvgIpc) is 2.97. The molecule has 7 heteroatoms. The Bertz CT molecular complexity index is 806. The van der Waals surface area contributed by atoms with Crippen LogP contribution in [0.15, 0.2) is 59.0 Å². The number of carbonyl (C=O) groups excluding carboxylic acids is 1. The van der Waals surface area contributed by atoms with Crippen molar-refractivity contribution in [1.82, 2.24) is 5.43 Å². The molecule has 0 saturated heterocycles. The Hall–Kier alpha value is -3.35. The molecule has 110 valence electrons. The number of para-hydroxylation sites is 1. The second-order valence-corrected chi connectivity index (χ2v) is 4.53. The maximum Gasteiger partial charge on any atom is 0.305 e. The van der Waals surface area contributed by atoms with Crippen LogP contribution in [0.2, 0.25) is 0 Å². The van der Waals surface area contributed by atoms with Crippen molar-refractivity contribution in [2.24, 2.45) is 0 Å². The number of nitro benzene ring substituents is 1. The Morgan fingerprint density at radius 1 is 1.09 bits per heavy atom. The molecule has 0 aliphatic heterocycles. The van der Waals surface area contributed by atoms with Gasteiger partial charge in [-0.15, -0.1) is 0 Å². The fourth-order valence-electron chi connectivity index (χ4n) is 1.95. The van der Waals surface area contributed by atoms with E-state index in [1.165, 1.54) is 24.3 Å². The van der Waals surface area contributed by atoms with Crippen molar-refractivity contribution in [2.45, 2.75) is 0 Å². The van der Waals surface area contributed by atoms with E-state index in [0.29, 0.717) is 11.3 Å². The molecule has 0 saturated carbocycles. The van der Waals surface area contributed by atoms with E-state index in [4.69, 9.17) is 4.42 Å². The SMILES string of the molecule is O=C(NNc1ccc([N+](=O)[O-])cc1)c1cc2ccccc2o1. The van der Waals surface area contributed by atoms with Gasteiger partial charge in [0.1, 0.15) is 5.58 Å². The summed E-state index contributed by atoms with van der Waals surface area (Å²) in [4.78, 5) is 22.0. The minimum absolute atomic E-state index is 0.0193. The zero-order chi connectivity index (χ0) is 15.5. The number of fused-ring (bicyclic) bond motifs is 1. The van der Waals surface area contributed by atoms with Gasteiger partial charge in [0.2, 0.25) is 0 Å². The van der Waals surface area contributed by atoms with Gasteiger partial charge in [-0.1, -0.05) is 18.2 Å². The van der Waals surface area contributed by atoms with Crippen LogP contribution < -0.4 is 10.9 Å². The molecule has 1 heterocycles. The van der Waals surface area contributed by atoms with Crippen molar-refractivity contribution in [3.63, 3.8) is 0 Å².